The highest BCUT2D eigenvalue weighted by molar-refractivity contribution is 5.93. The number of nitrogens with one attached hydrogen (secondary N) is 1. The van der Waals surface area contributed by atoms with E-state index in [1.165, 1.54) is 25.3 Å². The number of nitrogens with zero attached hydrogens (tertiary/aromatic N) is 7. The molecule has 6 rings (SSSR count). The molecule has 0 bridgehead atoms. The standard InChI is InChI=1S/C30H27FN8O6/c1-18(40)43-17-26-35-37-39(36-26)27(19-5-3-2-4-6-19)20-10-13-38(14-11-20)29(41)24-15-21(9-12-32-24)28-34-23-16-22(33-30(42)45-31)7-8-25(23)44-28/h2-9,12,15-16,20,27H,10-11,13-14,17H2,1H3,(H,33,42). The van der Waals surface area contributed by atoms with Crippen LogP contribution in [0, 0.1) is 5.92 Å². The Balaban J connectivity index is 1.15. The number of piperidine rings is 1. The van der Waals surface area contributed by atoms with Gasteiger partial charge in [-0.3, -0.25) is 19.9 Å². The lowest BCUT2D eigenvalue weighted by atomic mass is 9.85. The minimum atomic E-state index is -1.25. The van der Waals surface area contributed by atoms with Crippen molar-refractivity contribution >= 4 is 34.8 Å². The van der Waals surface area contributed by atoms with Gasteiger partial charge in [-0.15, -0.1) is 10.2 Å². The fourth-order valence-electron chi connectivity index (χ4n) is 5.37. The number of oxazole rings is 1. The number of anilines is 1. The zero-order chi connectivity index (χ0) is 31.3. The van der Waals surface area contributed by atoms with Gasteiger partial charge in [-0.2, -0.15) is 4.80 Å². The van der Waals surface area contributed by atoms with Crippen LogP contribution in [-0.4, -0.2) is 66.1 Å². The van der Waals surface area contributed by atoms with Crippen molar-refractivity contribution in [2.24, 2.45) is 5.92 Å². The molecule has 1 aliphatic heterocycles. The fraction of sp³-hybridized carbons (Fsp3) is 0.267. The van der Waals surface area contributed by atoms with E-state index in [0.29, 0.717) is 48.4 Å². The molecular formula is C30H27FN8O6. The number of ether oxygens (including phenoxy) is 1. The van der Waals surface area contributed by atoms with Crippen LogP contribution in [0.15, 0.2) is 71.3 Å². The van der Waals surface area contributed by atoms with Gasteiger partial charge in [0.05, 0.1) is 0 Å². The van der Waals surface area contributed by atoms with Crippen LogP contribution in [0.2, 0.25) is 0 Å². The molecule has 1 fully saturated rings. The zero-order valence-corrected chi connectivity index (χ0v) is 24.0. The zero-order valence-electron chi connectivity index (χ0n) is 24.0. The number of hydrogen-bond acceptors (Lipinski definition) is 11. The maximum atomic E-state index is 13.5. The van der Waals surface area contributed by atoms with Crippen LogP contribution >= 0.6 is 0 Å². The summed E-state index contributed by atoms with van der Waals surface area (Å²) in [5, 5.41) is 15.0. The number of benzene rings is 2. The molecule has 4 heterocycles. The van der Waals surface area contributed by atoms with Gasteiger partial charge in [0, 0.05) is 42.0 Å². The highest BCUT2D eigenvalue weighted by atomic mass is 19.3. The normalized spacial score (nSPS) is 14.2. The SMILES string of the molecule is CC(=O)OCc1nnn(C(c2ccccc2)C2CCN(C(=O)c3cc(-c4nc5cc(NC(=O)OF)ccc5o4)ccn3)CC2)n1. The molecule has 2 amide bonds. The number of pyridine rings is 1. The van der Waals surface area contributed by atoms with E-state index >= 15 is 0 Å². The Kier molecular flexibility index (Phi) is 8.39. The molecule has 45 heavy (non-hydrogen) atoms. The summed E-state index contributed by atoms with van der Waals surface area (Å²) in [6, 6.07) is 17.5. The molecule has 3 aromatic heterocycles. The molecule has 2 aromatic carbocycles. The molecule has 0 radical (unpaired) electrons. The first-order valence-electron chi connectivity index (χ1n) is 14.1. The van der Waals surface area contributed by atoms with Gasteiger partial charge in [0.1, 0.15) is 17.3 Å². The average Bonchev–Trinajstić information content (AvgIpc) is 3.72. The minimum absolute atomic E-state index is 0.0610. The van der Waals surface area contributed by atoms with E-state index in [9.17, 15) is 18.9 Å². The van der Waals surface area contributed by atoms with Crippen molar-refractivity contribution in [3.8, 4) is 11.5 Å². The summed E-state index contributed by atoms with van der Waals surface area (Å²) in [6.07, 6.45) is 1.63. The fourth-order valence-corrected chi connectivity index (χ4v) is 5.37. The quantitative estimate of drug-likeness (QED) is 0.244. The van der Waals surface area contributed by atoms with Crippen molar-refractivity contribution in [3.05, 3.63) is 83.9 Å². The number of hydrogen-bond donors (Lipinski definition) is 1. The van der Waals surface area contributed by atoms with Crippen LogP contribution in [0.1, 0.15) is 47.7 Å². The largest absolute Gasteiger partial charge is 0.457 e. The summed E-state index contributed by atoms with van der Waals surface area (Å²) in [5.41, 5.74) is 2.93. The van der Waals surface area contributed by atoms with Crippen LogP contribution in [0.4, 0.5) is 15.0 Å². The molecule has 5 aromatic rings. The van der Waals surface area contributed by atoms with Gasteiger partial charge in [-0.25, -0.2) is 14.7 Å². The number of tetrazole rings is 1. The number of aromatic nitrogens is 6. The second-order valence-electron chi connectivity index (χ2n) is 10.4. The maximum Gasteiger partial charge on any atom is 0.449 e. The minimum Gasteiger partial charge on any atom is -0.457 e. The van der Waals surface area contributed by atoms with Crippen molar-refractivity contribution in [3.63, 3.8) is 0 Å². The Morgan fingerprint density at radius 3 is 2.64 bits per heavy atom. The van der Waals surface area contributed by atoms with Crippen LogP contribution in [0.25, 0.3) is 22.6 Å². The first-order valence-corrected chi connectivity index (χ1v) is 14.1. The lowest BCUT2D eigenvalue weighted by Crippen LogP contribution is -2.41. The van der Waals surface area contributed by atoms with Gasteiger partial charge < -0.3 is 14.1 Å². The molecule has 230 valence electrons. The van der Waals surface area contributed by atoms with E-state index in [-0.39, 0.29) is 41.7 Å². The molecule has 0 saturated carbocycles. The number of amides is 2. The number of esters is 1. The van der Waals surface area contributed by atoms with Crippen molar-refractivity contribution < 1.29 is 33.0 Å². The van der Waals surface area contributed by atoms with Crippen LogP contribution in [0.3, 0.4) is 0 Å². The molecule has 15 heteroatoms. The van der Waals surface area contributed by atoms with E-state index in [1.807, 2.05) is 30.3 Å². The Labute approximate surface area is 255 Å². The summed E-state index contributed by atoms with van der Waals surface area (Å²) in [5.74, 6) is 0.0230. The molecular weight excluding hydrogens is 587 g/mol. The molecule has 1 unspecified atom stereocenters. The number of carbonyl (C=O) groups is 3. The van der Waals surface area contributed by atoms with E-state index < -0.39 is 12.1 Å². The Morgan fingerprint density at radius 1 is 1.09 bits per heavy atom. The number of rotatable bonds is 8. The number of halogens is 1. The lowest BCUT2D eigenvalue weighted by molar-refractivity contribution is -0.142. The monoisotopic (exact) mass is 614 g/mol. The Morgan fingerprint density at radius 2 is 1.89 bits per heavy atom. The average molecular weight is 615 g/mol. The molecule has 1 saturated heterocycles. The predicted molar refractivity (Wildman–Crippen MR) is 155 cm³/mol. The highest BCUT2D eigenvalue weighted by Crippen LogP contribution is 2.34. The molecule has 1 atom stereocenters. The third-order valence-electron chi connectivity index (χ3n) is 7.47. The molecule has 1 N–H and O–H groups in total. The van der Waals surface area contributed by atoms with E-state index in [2.05, 4.69) is 35.6 Å². The van der Waals surface area contributed by atoms with Crippen LogP contribution in [0.5, 0.6) is 0 Å². The van der Waals surface area contributed by atoms with Crippen LogP contribution in [-0.2, 0) is 21.1 Å². The summed E-state index contributed by atoms with van der Waals surface area (Å²) in [7, 11) is 0. The van der Waals surface area contributed by atoms with E-state index in [0.717, 1.165) is 5.56 Å². The van der Waals surface area contributed by atoms with Crippen molar-refractivity contribution in [1.82, 2.24) is 35.1 Å². The molecule has 0 spiro atoms. The van der Waals surface area contributed by atoms with Crippen LogP contribution < -0.4 is 5.32 Å². The van der Waals surface area contributed by atoms with Gasteiger partial charge >= 0.3 is 12.1 Å². The topological polar surface area (TPSA) is 167 Å². The van der Waals surface area contributed by atoms with Gasteiger partial charge in [0.25, 0.3) is 5.91 Å². The maximum absolute atomic E-state index is 13.5. The van der Waals surface area contributed by atoms with E-state index in [1.54, 1.807) is 27.9 Å². The summed E-state index contributed by atoms with van der Waals surface area (Å²) < 4.78 is 23.0. The van der Waals surface area contributed by atoms with E-state index in [4.69, 9.17) is 9.15 Å². The van der Waals surface area contributed by atoms with Gasteiger partial charge in [0.15, 0.2) is 12.2 Å². The molecule has 14 nitrogen and oxygen atoms in total. The van der Waals surface area contributed by atoms with Crippen molar-refractivity contribution in [1.29, 1.82) is 0 Å². The van der Waals surface area contributed by atoms with Gasteiger partial charge in [-0.1, -0.05) is 30.3 Å². The molecule has 0 aliphatic carbocycles. The third-order valence-corrected chi connectivity index (χ3v) is 7.47. The van der Waals surface area contributed by atoms with Gasteiger partial charge in [0.2, 0.25) is 11.7 Å². The lowest BCUT2D eigenvalue weighted by Gasteiger charge is -2.35. The van der Waals surface area contributed by atoms with Crippen molar-refractivity contribution in [2.75, 3.05) is 18.4 Å². The number of likely N-dealkylation sites (tertiary alicyclic amines) is 1. The first kappa shape index (κ1) is 29.3. The van der Waals surface area contributed by atoms with Crippen molar-refractivity contribution in [2.45, 2.75) is 32.4 Å². The first-order chi connectivity index (χ1) is 21.9. The predicted octanol–water partition coefficient (Wildman–Crippen LogP) is 4.51. The molecule has 1 aliphatic rings. The smallest absolute Gasteiger partial charge is 0.449 e. The Hall–Kier alpha value is -5.73. The Bertz CT molecular complexity index is 1840. The summed E-state index contributed by atoms with van der Waals surface area (Å²) in [6.45, 7) is 2.25. The number of fused-ring (bicyclic) bond motifs is 1. The second-order valence-corrected chi connectivity index (χ2v) is 10.4. The highest BCUT2D eigenvalue weighted by Gasteiger charge is 2.33. The number of carbonyl (C=O) groups excluding carboxylic acids is 3. The second kappa shape index (κ2) is 12.9. The summed E-state index contributed by atoms with van der Waals surface area (Å²) >= 11 is 0. The summed E-state index contributed by atoms with van der Waals surface area (Å²) in [4.78, 5) is 51.1. The third kappa shape index (κ3) is 6.61. The van der Waals surface area contributed by atoms with Gasteiger partial charge in [-0.05, 0) is 59.9 Å².